The molecule has 0 radical (unpaired) electrons. The van der Waals surface area contributed by atoms with Crippen LogP contribution in [0.5, 0.6) is 0 Å². The van der Waals surface area contributed by atoms with Crippen molar-refractivity contribution in [2.45, 2.75) is 129 Å². The van der Waals surface area contributed by atoms with Gasteiger partial charge in [0.15, 0.2) is 20.9 Å². The van der Waals surface area contributed by atoms with Crippen molar-refractivity contribution in [1.82, 2.24) is 0 Å². The van der Waals surface area contributed by atoms with Gasteiger partial charge < -0.3 is 92.3 Å². The fraction of sp³-hybridized carbons (Fsp3) is 0.656. The number of carbonyl (C=O) groups excluding carboxylic acids is 6. The fourth-order valence-electron chi connectivity index (χ4n) is 13.5. The Kier molecular flexibility index (Phi) is 26.1. The Morgan fingerprint density at radius 1 is 0.500 bits per heavy atom. The molecule has 2 unspecified atom stereocenters. The molecule has 5 heterocycles. The molecule has 0 bridgehead atoms. The third kappa shape index (κ3) is 16.3. The largest absolute Gasteiger partial charge is 0.497 e. The SMILES string of the molecule is COC(=O)C1=CO[C@@H](C)[C@@H]2C(CO)CC[C@H]12.COC(=O)C1=CO[C@@H](O)[C@@H]2C(CO)=CC[C@H]12.COC(=O)C1=CO[C@@H](O)[C@@H]2C(CO)CC[C@H]12.COC(=O)C1=CO[C@@H](O)[C@@H]2C(COC(C)=O)=CC[C@H]12.COC(=O)C1=CO[C@@H](O[Si](C)(C)C(C)(C)C)[C@@H]2C(CO)=CC[C@H]12. The number of ether oxygens (including phenoxy) is 11. The van der Waals surface area contributed by atoms with E-state index in [1.54, 1.807) is 0 Å². The zero-order valence-corrected chi connectivity index (χ0v) is 54.4. The molecule has 26 heteroatoms. The van der Waals surface area contributed by atoms with Crippen LogP contribution >= 0.6 is 0 Å². The Hall–Kier alpha value is -6.36. The highest BCUT2D eigenvalue weighted by molar-refractivity contribution is 6.74. The summed E-state index contributed by atoms with van der Waals surface area (Å²) < 4.78 is 61.4. The molecule has 0 spiro atoms. The summed E-state index contributed by atoms with van der Waals surface area (Å²) in [6, 6.07) is 0. The number of fused-ring (bicyclic) bond motifs is 5. The lowest BCUT2D eigenvalue weighted by Gasteiger charge is -2.43. The second-order valence-corrected chi connectivity index (χ2v) is 29.8. The van der Waals surface area contributed by atoms with E-state index in [1.165, 1.54) is 73.8 Å². The van der Waals surface area contributed by atoms with Gasteiger partial charge in [0.1, 0.15) is 6.61 Å². The van der Waals surface area contributed by atoms with Crippen LogP contribution in [0.4, 0.5) is 0 Å². The van der Waals surface area contributed by atoms with Gasteiger partial charge in [-0.25, -0.2) is 24.0 Å². The summed E-state index contributed by atoms with van der Waals surface area (Å²) in [5, 5.41) is 66.7. The van der Waals surface area contributed by atoms with Gasteiger partial charge in [-0.3, -0.25) is 4.79 Å². The first-order chi connectivity index (χ1) is 42.7. The minimum Gasteiger partial charge on any atom is -0.497 e. The second kappa shape index (κ2) is 32.3. The number of carbonyl (C=O) groups is 6. The summed E-state index contributed by atoms with van der Waals surface area (Å²) in [7, 11) is 4.64. The molecule has 5 aliphatic carbocycles. The average Bonchev–Trinajstić information content (AvgIpc) is 1.60. The monoisotopic (exact) mass is 1290 g/mol. The Balaban J connectivity index is 0.000000180. The maximum atomic E-state index is 12.0. The van der Waals surface area contributed by atoms with E-state index in [0.717, 1.165) is 36.8 Å². The first kappa shape index (κ1) is 72.7. The van der Waals surface area contributed by atoms with Crippen molar-refractivity contribution in [3.63, 3.8) is 0 Å². The van der Waals surface area contributed by atoms with Crippen molar-refractivity contribution >= 4 is 44.1 Å². The van der Waals surface area contributed by atoms with Gasteiger partial charge in [0, 0.05) is 61.6 Å². The third-order valence-electron chi connectivity index (χ3n) is 19.3. The molecule has 10 aliphatic rings. The van der Waals surface area contributed by atoms with Crippen molar-refractivity contribution in [3.8, 4) is 0 Å². The fourth-order valence-corrected chi connectivity index (χ4v) is 14.6. The van der Waals surface area contributed by atoms with Gasteiger partial charge in [0.05, 0.1) is 132 Å². The van der Waals surface area contributed by atoms with Crippen molar-refractivity contribution in [2.75, 3.05) is 68.6 Å². The summed E-state index contributed by atoms with van der Waals surface area (Å²) >= 11 is 0. The van der Waals surface area contributed by atoms with Crippen LogP contribution in [0, 0.1) is 71.0 Å². The minimum atomic E-state index is -2.03. The van der Waals surface area contributed by atoms with E-state index >= 15 is 0 Å². The molecule has 0 aromatic rings. The number of esters is 6. The van der Waals surface area contributed by atoms with Crippen LogP contribution in [0.15, 0.2) is 94.1 Å². The molecule has 502 valence electrons. The standard InChI is InChI=1S/C17H28O5Si.C13H16O6.C12H18O4.C11H16O5.C11H14O5/c1-17(2,3)23(5,6)22-16-14-11(9-18)7-8-12(14)13(10-21-16)15(19)20-4;1-7(14)18-5-8-3-4-9-10(12(15)17-2)6-19-13(16)11(8)9;1-7-11-8(5-13)3-4-9(11)10(6-16-7)12(14)15-2;2*1-15-10(13)8-5-16-11(14)9-6(4-12)2-3-7(8)9/h7,10,12,14,16,18H,8-9H2,1-6H3;3,6,9,11,13,16H,4-5H2,1-2H3;6-9,11,13H,3-5H2,1-2H3;5-7,9,11-12,14H,2-4H2,1H3;2,5,7,9,11-12,14H,3-4H2,1H3/t12-,14-,16+;9-,11-,13-;7-,8?,9+,11+;6?,7-,9-,11-;7-,9-,11-/m11011/s1. The summed E-state index contributed by atoms with van der Waals surface area (Å²) in [6.07, 6.45) is 14.5. The quantitative estimate of drug-likeness (QED) is 0.0575. The molecule has 0 aromatic heterocycles. The molecule has 0 saturated heterocycles. The van der Waals surface area contributed by atoms with Gasteiger partial charge in [-0.1, -0.05) is 39.0 Å². The molecule has 90 heavy (non-hydrogen) atoms. The van der Waals surface area contributed by atoms with Crippen LogP contribution in [0.25, 0.3) is 0 Å². The molecule has 10 rings (SSSR count). The highest BCUT2D eigenvalue weighted by atomic mass is 28.4. The zero-order valence-electron chi connectivity index (χ0n) is 53.4. The molecule has 0 amide bonds. The topological polar surface area (TPSA) is 355 Å². The van der Waals surface area contributed by atoms with E-state index in [9.17, 15) is 59.4 Å². The first-order valence-corrected chi connectivity index (χ1v) is 33.2. The van der Waals surface area contributed by atoms with Gasteiger partial charge in [0.2, 0.25) is 12.6 Å². The predicted molar refractivity (Wildman–Crippen MR) is 319 cm³/mol. The molecule has 2 saturated carbocycles. The summed E-state index contributed by atoms with van der Waals surface area (Å²) in [5.41, 5.74) is 4.79. The van der Waals surface area contributed by atoms with Gasteiger partial charge >= 0.3 is 35.8 Å². The van der Waals surface area contributed by atoms with Gasteiger partial charge in [-0.15, -0.1) is 0 Å². The van der Waals surface area contributed by atoms with Crippen LogP contribution < -0.4 is 0 Å². The van der Waals surface area contributed by atoms with Crippen molar-refractivity contribution in [1.29, 1.82) is 0 Å². The van der Waals surface area contributed by atoms with E-state index in [0.29, 0.717) is 52.7 Å². The smallest absolute Gasteiger partial charge is 0.337 e. The van der Waals surface area contributed by atoms with Crippen LogP contribution in [0.2, 0.25) is 18.1 Å². The summed E-state index contributed by atoms with van der Waals surface area (Å²) in [5.74, 6) is -3.25. The number of methoxy groups -OCH3 is 5. The highest BCUT2D eigenvalue weighted by Gasteiger charge is 2.51. The second-order valence-electron chi connectivity index (χ2n) is 25.1. The molecule has 5 aliphatic heterocycles. The molecule has 17 atom stereocenters. The van der Waals surface area contributed by atoms with Crippen LogP contribution in [-0.2, 0) is 85.3 Å². The maximum absolute atomic E-state index is 12.0. The number of aliphatic hydroxyl groups is 7. The van der Waals surface area contributed by atoms with Crippen molar-refractivity contribution in [3.05, 3.63) is 94.1 Å². The Bertz CT molecular complexity index is 2720. The van der Waals surface area contributed by atoms with E-state index in [4.69, 9.17) is 47.4 Å². The normalized spacial score (nSPS) is 32.1. The Morgan fingerprint density at radius 3 is 1.27 bits per heavy atom. The number of aliphatic hydroxyl groups excluding tert-OH is 7. The lowest BCUT2D eigenvalue weighted by molar-refractivity contribution is -0.146. The lowest BCUT2D eigenvalue weighted by Crippen LogP contribution is -2.48. The van der Waals surface area contributed by atoms with E-state index < -0.39 is 51.4 Å². The third-order valence-corrected chi connectivity index (χ3v) is 23.8. The van der Waals surface area contributed by atoms with E-state index in [1.807, 2.05) is 25.2 Å². The van der Waals surface area contributed by atoms with Crippen molar-refractivity contribution < 1.29 is 121 Å². The van der Waals surface area contributed by atoms with Crippen LogP contribution in [0.1, 0.15) is 79.6 Å². The molecule has 0 aromatic carbocycles. The zero-order chi connectivity index (χ0) is 66.5. The summed E-state index contributed by atoms with van der Waals surface area (Å²) in [6.45, 7) is 14.3. The Labute approximate surface area is 526 Å². The summed E-state index contributed by atoms with van der Waals surface area (Å²) in [4.78, 5) is 69.0. The van der Waals surface area contributed by atoms with Crippen LogP contribution in [0.3, 0.4) is 0 Å². The van der Waals surface area contributed by atoms with Gasteiger partial charge in [-0.05, 0) is 98.6 Å². The van der Waals surface area contributed by atoms with Gasteiger partial charge in [-0.2, -0.15) is 0 Å². The highest BCUT2D eigenvalue weighted by Crippen LogP contribution is 2.50. The predicted octanol–water partition coefficient (Wildman–Crippen LogP) is 4.56. The van der Waals surface area contributed by atoms with E-state index in [2.05, 4.69) is 48.1 Å². The first-order valence-electron chi connectivity index (χ1n) is 30.3. The molecule has 2 fully saturated rings. The molecule has 25 nitrogen and oxygen atoms in total. The number of allylic oxidation sites excluding steroid dienone is 3. The lowest BCUT2D eigenvalue weighted by atomic mass is 9.80. The van der Waals surface area contributed by atoms with Gasteiger partial charge in [0.25, 0.3) is 0 Å². The number of hydrogen-bond donors (Lipinski definition) is 7. The minimum absolute atomic E-state index is 0.00615. The molecular formula is C64H92O25Si. The molecule has 7 N–H and O–H groups in total. The van der Waals surface area contributed by atoms with E-state index in [-0.39, 0.29) is 133 Å². The van der Waals surface area contributed by atoms with Crippen molar-refractivity contribution in [2.24, 2.45) is 71.0 Å². The number of hydrogen-bond acceptors (Lipinski definition) is 25. The number of rotatable bonds is 13. The Morgan fingerprint density at radius 2 is 0.856 bits per heavy atom. The average molecular weight is 1290 g/mol. The van der Waals surface area contributed by atoms with Crippen LogP contribution in [-0.4, -0.2) is 180 Å². The molecular weight excluding hydrogens is 1200 g/mol. The maximum Gasteiger partial charge on any atom is 0.337 e.